The fourth-order valence-electron chi connectivity index (χ4n) is 6.86. The van der Waals surface area contributed by atoms with E-state index in [1.165, 1.54) is 257 Å². The van der Waals surface area contributed by atoms with Gasteiger partial charge < -0.3 is 0 Å². The highest BCUT2D eigenvalue weighted by Crippen LogP contribution is 2.17. The monoisotopic (exact) mass is 591 g/mol. The molecule has 0 aliphatic carbocycles. The highest BCUT2D eigenvalue weighted by atomic mass is 14.0. The Kier molecular flexibility index (Phi) is 41.0. The summed E-state index contributed by atoms with van der Waals surface area (Å²) >= 11 is 0. The van der Waals surface area contributed by atoms with Crippen molar-refractivity contribution in [3.05, 3.63) is 0 Å². The van der Waals surface area contributed by atoms with Crippen molar-refractivity contribution in [2.24, 2.45) is 0 Å². The maximum Gasteiger partial charge on any atom is -0.0533 e. The zero-order valence-corrected chi connectivity index (χ0v) is 30.3. The molecule has 0 aliphatic rings. The van der Waals surface area contributed by atoms with Crippen molar-refractivity contribution >= 4 is 0 Å². The standard InChI is InChI=1S/C42H86/c1-3-5-7-9-11-13-15-17-19-21-23-25-27-29-31-33-35-37-39-41-42-40-38-36-34-32-30-28-26-24-22-20-18-16-14-12-10-8-6-4-2/h3-42H2,1-2H3. The van der Waals surface area contributed by atoms with E-state index in [0.29, 0.717) is 0 Å². The van der Waals surface area contributed by atoms with Gasteiger partial charge in [0.1, 0.15) is 0 Å². The lowest BCUT2D eigenvalue weighted by atomic mass is 10.0. The summed E-state index contributed by atoms with van der Waals surface area (Å²) in [6.45, 7) is 4.62. The molecular formula is C42H86. The lowest BCUT2D eigenvalue weighted by molar-refractivity contribution is 0.509. The van der Waals surface area contributed by atoms with E-state index in [-0.39, 0.29) is 0 Å². The van der Waals surface area contributed by atoms with Gasteiger partial charge in [-0.1, -0.05) is 271 Å². The van der Waals surface area contributed by atoms with Crippen LogP contribution in [0.2, 0.25) is 0 Å². The van der Waals surface area contributed by atoms with Gasteiger partial charge in [-0.25, -0.2) is 0 Å². The van der Waals surface area contributed by atoms with Crippen LogP contribution in [-0.4, -0.2) is 0 Å². The first-order valence-corrected chi connectivity index (χ1v) is 20.9. The molecule has 0 spiro atoms. The topological polar surface area (TPSA) is 0 Å². The summed E-state index contributed by atoms with van der Waals surface area (Å²) < 4.78 is 0. The minimum Gasteiger partial charge on any atom is -0.0654 e. The second kappa shape index (κ2) is 41.0. The SMILES string of the molecule is CCCCCCCCCCCCCCCCCCCCCCCCCCCCCCCCCCCCCCCCCC. The summed E-state index contributed by atoms with van der Waals surface area (Å²) in [4.78, 5) is 0. The molecule has 0 aromatic carbocycles. The highest BCUT2D eigenvalue weighted by Gasteiger charge is 1.98. The third-order valence-electron chi connectivity index (χ3n) is 9.96. The first-order chi connectivity index (χ1) is 20.9. The van der Waals surface area contributed by atoms with Gasteiger partial charge in [-0.15, -0.1) is 0 Å². The lowest BCUT2D eigenvalue weighted by Gasteiger charge is -2.05. The smallest absolute Gasteiger partial charge is 0.0533 e. The molecule has 42 heavy (non-hydrogen) atoms. The molecule has 0 aromatic rings. The number of hydrogen-bond acceptors (Lipinski definition) is 0. The Hall–Kier alpha value is 0. The van der Waals surface area contributed by atoms with Crippen molar-refractivity contribution in [1.29, 1.82) is 0 Å². The van der Waals surface area contributed by atoms with Crippen LogP contribution in [0.1, 0.15) is 271 Å². The summed E-state index contributed by atoms with van der Waals surface area (Å²) in [7, 11) is 0. The van der Waals surface area contributed by atoms with Gasteiger partial charge in [0.25, 0.3) is 0 Å². The first-order valence-electron chi connectivity index (χ1n) is 20.9. The van der Waals surface area contributed by atoms with Gasteiger partial charge in [-0.05, 0) is 0 Å². The van der Waals surface area contributed by atoms with E-state index in [1.807, 2.05) is 0 Å². The maximum absolute atomic E-state index is 2.31. The van der Waals surface area contributed by atoms with Gasteiger partial charge in [0.05, 0.1) is 0 Å². The van der Waals surface area contributed by atoms with Gasteiger partial charge >= 0.3 is 0 Å². The number of unbranched alkanes of at least 4 members (excludes halogenated alkanes) is 39. The predicted octanol–water partition coefficient (Wildman–Crippen LogP) is 16.6. The van der Waals surface area contributed by atoms with E-state index in [9.17, 15) is 0 Å². The summed E-state index contributed by atoms with van der Waals surface area (Å²) in [5, 5.41) is 0. The quantitative estimate of drug-likeness (QED) is 0.0624. The fraction of sp³-hybridized carbons (Fsp3) is 1.00. The molecule has 0 N–H and O–H groups in total. The highest BCUT2D eigenvalue weighted by molar-refractivity contribution is 4.53. The van der Waals surface area contributed by atoms with E-state index in [4.69, 9.17) is 0 Å². The van der Waals surface area contributed by atoms with Gasteiger partial charge in [0.15, 0.2) is 0 Å². The second-order valence-electron chi connectivity index (χ2n) is 14.4. The van der Waals surface area contributed by atoms with Crippen LogP contribution in [-0.2, 0) is 0 Å². The molecule has 0 saturated heterocycles. The minimum absolute atomic E-state index is 1.37. The summed E-state index contributed by atoms with van der Waals surface area (Å²) in [6, 6.07) is 0. The fourth-order valence-corrected chi connectivity index (χ4v) is 6.86. The van der Waals surface area contributed by atoms with Crippen LogP contribution in [0.15, 0.2) is 0 Å². The summed E-state index contributed by atoms with van der Waals surface area (Å²) in [5.74, 6) is 0. The summed E-state index contributed by atoms with van der Waals surface area (Å²) in [6.07, 6.45) is 59.4. The average Bonchev–Trinajstić information content (AvgIpc) is 3.00. The molecule has 0 amide bonds. The van der Waals surface area contributed by atoms with Crippen molar-refractivity contribution in [2.45, 2.75) is 271 Å². The molecule has 0 rings (SSSR count). The molecule has 0 saturated carbocycles. The Labute approximate surface area is 270 Å². The number of rotatable bonds is 39. The summed E-state index contributed by atoms with van der Waals surface area (Å²) in [5.41, 5.74) is 0. The molecule has 0 nitrogen and oxygen atoms in total. The number of hydrogen-bond donors (Lipinski definition) is 0. The molecule has 0 aromatic heterocycles. The van der Waals surface area contributed by atoms with Crippen molar-refractivity contribution in [2.75, 3.05) is 0 Å². The van der Waals surface area contributed by atoms with Gasteiger partial charge in [-0.3, -0.25) is 0 Å². The van der Waals surface area contributed by atoms with E-state index < -0.39 is 0 Å². The van der Waals surface area contributed by atoms with Crippen LogP contribution in [0.25, 0.3) is 0 Å². The average molecular weight is 591 g/mol. The molecule has 0 atom stereocenters. The molecule has 0 heterocycles. The molecule has 0 unspecified atom stereocenters. The molecule has 254 valence electrons. The van der Waals surface area contributed by atoms with Crippen LogP contribution in [0.4, 0.5) is 0 Å². The second-order valence-corrected chi connectivity index (χ2v) is 14.4. The lowest BCUT2D eigenvalue weighted by Crippen LogP contribution is -1.85. The van der Waals surface area contributed by atoms with E-state index in [2.05, 4.69) is 13.8 Å². The van der Waals surface area contributed by atoms with Crippen LogP contribution in [0, 0.1) is 0 Å². The van der Waals surface area contributed by atoms with E-state index in [1.54, 1.807) is 0 Å². The predicted molar refractivity (Wildman–Crippen MR) is 196 cm³/mol. The Balaban J connectivity index is 3.02. The minimum atomic E-state index is 1.37. The van der Waals surface area contributed by atoms with Gasteiger partial charge in [-0.2, -0.15) is 0 Å². The third-order valence-corrected chi connectivity index (χ3v) is 9.96. The molecule has 0 radical (unpaired) electrons. The van der Waals surface area contributed by atoms with Crippen molar-refractivity contribution in [1.82, 2.24) is 0 Å². The Morgan fingerprint density at radius 3 is 0.262 bits per heavy atom. The Morgan fingerprint density at radius 1 is 0.119 bits per heavy atom. The Morgan fingerprint density at radius 2 is 0.190 bits per heavy atom. The van der Waals surface area contributed by atoms with Crippen LogP contribution < -0.4 is 0 Å². The third kappa shape index (κ3) is 40.0. The molecule has 0 aliphatic heterocycles. The Bertz CT molecular complexity index is 386. The van der Waals surface area contributed by atoms with Crippen molar-refractivity contribution in [3.8, 4) is 0 Å². The maximum atomic E-state index is 2.31. The van der Waals surface area contributed by atoms with Gasteiger partial charge in [0, 0.05) is 0 Å². The van der Waals surface area contributed by atoms with E-state index >= 15 is 0 Å². The first kappa shape index (κ1) is 42.0. The molecule has 0 heteroatoms. The molecule has 0 fully saturated rings. The van der Waals surface area contributed by atoms with E-state index in [0.717, 1.165) is 0 Å². The van der Waals surface area contributed by atoms with Gasteiger partial charge in [0.2, 0.25) is 0 Å². The van der Waals surface area contributed by atoms with Crippen molar-refractivity contribution < 1.29 is 0 Å². The molecule has 0 bridgehead atoms. The molecular weight excluding hydrogens is 504 g/mol. The van der Waals surface area contributed by atoms with Crippen molar-refractivity contribution in [3.63, 3.8) is 0 Å². The van der Waals surface area contributed by atoms with Crippen LogP contribution >= 0.6 is 0 Å². The zero-order chi connectivity index (χ0) is 30.3. The largest absolute Gasteiger partial charge is 0.0654 e. The zero-order valence-electron chi connectivity index (χ0n) is 30.3. The normalized spacial score (nSPS) is 11.6. The van der Waals surface area contributed by atoms with Crippen LogP contribution in [0.5, 0.6) is 0 Å². The van der Waals surface area contributed by atoms with Crippen LogP contribution in [0.3, 0.4) is 0 Å².